The van der Waals surface area contributed by atoms with Gasteiger partial charge in [-0.3, -0.25) is 0 Å². The fourth-order valence-corrected chi connectivity index (χ4v) is 1.67. The van der Waals surface area contributed by atoms with Crippen LogP contribution in [0.4, 0.5) is 0 Å². The fraction of sp³-hybridized carbons (Fsp3) is 0.333. The number of ether oxygens (including phenoxy) is 1. The van der Waals surface area contributed by atoms with Gasteiger partial charge in [0, 0.05) is 0 Å². The third-order valence-electron chi connectivity index (χ3n) is 1.53. The maximum absolute atomic E-state index is 11.3. The molecule has 1 atom stereocenters. The van der Waals surface area contributed by atoms with Crippen LogP contribution in [0.25, 0.3) is 0 Å². The SMILES string of the molecule is CCO[P+](=O)c1ccc(OC)cc1. The second-order valence-corrected chi connectivity index (χ2v) is 3.66. The second kappa shape index (κ2) is 4.95. The van der Waals surface area contributed by atoms with Gasteiger partial charge >= 0.3 is 8.03 Å². The zero-order valence-corrected chi connectivity index (χ0v) is 8.58. The van der Waals surface area contributed by atoms with Gasteiger partial charge in [-0.05, 0) is 35.8 Å². The van der Waals surface area contributed by atoms with Crippen LogP contribution in [0, 0.1) is 0 Å². The Kier molecular flexibility index (Phi) is 3.87. The van der Waals surface area contributed by atoms with E-state index in [0.29, 0.717) is 11.9 Å². The average Bonchev–Trinajstić information content (AvgIpc) is 2.18. The molecule has 4 heteroatoms. The van der Waals surface area contributed by atoms with E-state index in [2.05, 4.69) is 0 Å². The van der Waals surface area contributed by atoms with E-state index in [1.165, 1.54) is 0 Å². The topological polar surface area (TPSA) is 35.5 Å². The minimum absolute atomic E-state index is 0.460. The molecule has 0 saturated carbocycles. The molecule has 1 unspecified atom stereocenters. The molecular weight excluding hydrogens is 187 g/mol. The summed E-state index contributed by atoms with van der Waals surface area (Å²) in [4.78, 5) is 0. The Bertz CT molecular complexity index is 281. The highest BCUT2D eigenvalue weighted by Crippen LogP contribution is 2.22. The number of hydrogen-bond donors (Lipinski definition) is 0. The van der Waals surface area contributed by atoms with E-state index in [9.17, 15) is 4.57 Å². The molecule has 1 aromatic rings. The van der Waals surface area contributed by atoms with Gasteiger partial charge in [-0.25, -0.2) is 0 Å². The van der Waals surface area contributed by atoms with E-state index in [1.807, 2.05) is 6.92 Å². The minimum Gasteiger partial charge on any atom is -0.497 e. The van der Waals surface area contributed by atoms with Crippen molar-refractivity contribution < 1.29 is 13.8 Å². The van der Waals surface area contributed by atoms with Crippen molar-refractivity contribution in [2.45, 2.75) is 6.92 Å². The van der Waals surface area contributed by atoms with Gasteiger partial charge in [0.25, 0.3) is 0 Å². The standard InChI is InChI=1S/C9H12O3P/c1-3-12-13(10)9-6-4-8(11-2)5-7-9/h4-7H,3H2,1-2H3/q+1. The lowest BCUT2D eigenvalue weighted by Gasteiger charge is -1.95. The zero-order valence-electron chi connectivity index (χ0n) is 7.69. The van der Waals surface area contributed by atoms with E-state index in [0.717, 1.165) is 5.75 Å². The van der Waals surface area contributed by atoms with Crippen molar-refractivity contribution in [3.05, 3.63) is 24.3 Å². The van der Waals surface area contributed by atoms with Crippen LogP contribution in [0.1, 0.15) is 6.92 Å². The van der Waals surface area contributed by atoms with Crippen LogP contribution >= 0.6 is 8.03 Å². The van der Waals surface area contributed by atoms with Gasteiger partial charge in [-0.15, -0.1) is 4.52 Å². The summed E-state index contributed by atoms with van der Waals surface area (Å²) in [7, 11) is -0.104. The molecule has 3 nitrogen and oxygen atoms in total. The zero-order chi connectivity index (χ0) is 9.68. The van der Waals surface area contributed by atoms with E-state index in [4.69, 9.17) is 9.26 Å². The van der Waals surface area contributed by atoms with E-state index >= 15 is 0 Å². The van der Waals surface area contributed by atoms with E-state index in [-0.39, 0.29) is 0 Å². The summed E-state index contributed by atoms with van der Waals surface area (Å²) in [6.45, 7) is 2.28. The normalized spacial score (nSPS) is 11.1. The molecule has 0 aromatic heterocycles. The molecule has 0 saturated heterocycles. The third kappa shape index (κ3) is 2.79. The molecule has 0 radical (unpaired) electrons. The molecule has 1 rings (SSSR count). The Morgan fingerprint density at radius 1 is 1.31 bits per heavy atom. The molecule has 0 amide bonds. The fourth-order valence-electron chi connectivity index (χ4n) is 0.896. The minimum atomic E-state index is -1.70. The molecule has 0 aliphatic rings. The van der Waals surface area contributed by atoms with E-state index in [1.54, 1.807) is 31.4 Å². The summed E-state index contributed by atoms with van der Waals surface area (Å²) < 4.78 is 21.3. The van der Waals surface area contributed by atoms with Gasteiger partial charge in [0.05, 0.1) is 7.11 Å². The highest BCUT2D eigenvalue weighted by molar-refractivity contribution is 7.48. The molecule has 0 aliphatic heterocycles. The summed E-state index contributed by atoms with van der Waals surface area (Å²) in [6.07, 6.45) is 0. The summed E-state index contributed by atoms with van der Waals surface area (Å²) in [5, 5.41) is 0.692. The van der Waals surface area contributed by atoms with E-state index < -0.39 is 8.03 Å². The predicted octanol–water partition coefficient (Wildman–Crippen LogP) is 2.10. The summed E-state index contributed by atoms with van der Waals surface area (Å²) in [5.74, 6) is 0.753. The average molecular weight is 199 g/mol. The molecule has 0 spiro atoms. The Balaban J connectivity index is 2.74. The lowest BCUT2D eigenvalue weighted by atomic mass is 10.3. The maximum atomic E-state index is 11.3. The molecular formula is C9H12O3P+. The predicted molar refractivity (Wildman–Crippen MR) is 51.9 cm³/mol. The van der Waals surface area contributed by atoms with Crippen molar-refractivity contribution in [3.8, 4) is 5.75 Å². The molecule has 0 N–H and O–H groups in total. The van der Waals surface area contributed by atoms with Crippen molar-refractivity contribution in [3.63, 3.8) is 0 Å². The van der Waals surface area contributed by atoms with Gasteiger partial charge in [0.2, 0.25) is 5.30 Å². The number of methoxy groups -OCH3 is 1. The third-order valence-corrected chi connectivity index (χ3v) is 2.74. The van der Waals surface area contributed by atoms with Crippen LogP contribution in [-0.4, -0.2) is 13.7 Å². The van der Waals surface area contributed by atoms with Crippen molar-refractivity contribution in [1.82, 2.24) is 0 Å². The summed E-state index contributed by atoms with van der Waals surface area (Å²) in [5.41, 5.74) is 0. The lowest BCUT2D eigenvalue weighted by molar-refractivity contribution is 0.357. The lowest BCUT2D eigenvalue weighted by Crippen LogP contribution is -1.97. The van der Waals surface area contributed by atoms with Crippen LogP contribution in [0.5, 0.6) is 5.75 Å². The molecule has 0 heterocycles. The highest BCUT2D eigenvalue weighted by atomic mass is 31.1. The van der Waals surface area contributed by atoms with Gasteiger partial charge in [-0.2, -0.15) is 0 Å². The first-order chi connectivity index (χ1) is 6.27. The smallest absolute Gasteiger partial charge is 0.497 e. The van der Waals surface area contributed by atoms with Gasteiger partial charge < -0.3 is 4.74 Å². The van der Waals surface area contributed by atoms with Crippen LogP contribution in [0.2, 0.25) is 0 Å². The maximum Gasteiger partial charge on any atom is 0.548 e. The Labute approximate surface area is 78.5 Å². The van der Waals surface area contributed by atoms with Gasteiger partial charge in [0.1, 0.15) is 12.4 Å². The first-order valence-electron chi connectivity index (χ1n) is 4.02. The Morgan fingerprint density at radius 2 is 1.92 bits per heavy atom. The highest BCUT2D eigenvalue weighted by Gasteiger charge is 2.20. The van der Waals surface area contributed by atoms with Crippen molar-refractivity contribution in [1.29, 1.82) is 0 Å². The van der Waals surface area contributed by atoms with Crippen molar-refractivity contribution in [2.24, 2.45) is 0 Å². The number of rotatable bonds is 4. The molecule has 0 aliphatic carbocycles. The monoisotopic (exact) mass is 199 g/mol. The quantitative estimate of drug-likeness (QED) is 0.696. The van der Waals surface area contributed by atoms with Crippen LogP contribution in [0.3, 0.4) is 0 Å². The van der Waals surface area contributed by atoms with Gasteiger partial charge in [-0.1, -0.05) is 0 Å². The number of hydrogen-bond acceptors (Lipinski definition) is 3. The van der Waals surface area contributed by atoms with Crippen LogP contribution < -0.4 is 10.0 Å². The molecule has 1 aromatic carbocycles. The van der Waals surface area contributed by atoms with Crippen molar-refractivity contribution >= 4 is 13.3 Å². The van der Waals surface area contributed by atoms with Gasteiger partial charge in [0.15, 0.2) is 0 Å². The number of benzene rings is 1. The molecule has 0 bridgehead atoms. The second-order valence-electron chi connectivity index (χ2n) is 2.37. The Morgan fingerprint density at radius 3 is 2.38 bits per heavy atom. The first kappa shape index (κ1) is 10.2. The molecule has 0 fully saturated rings. The largest absolute Gasteiger partial charge is 0.548 e. The van der Waals surface area contributed by atoms with Crippen LogP contribution in [0.15, 0.2) is 24.3 Å². The van der Waals surface area contributed by atoms with Crippen molar-refractivity contribution in [2.75, 3.05) is 13.7 Å². The van der Waals surface area contributed by atoms with Crippen LogP contribution in [-0.2, 0) is 9.09 Å². The first-order valence-corrected chi connectivity index (χ1v) is 5.20. The molecule has 13 heavy (non-hydrogen) atoms. The Hall–Kier alpha value is -0.920. The summed E-state index contributed by atoms with van der Waals surface area (Å²) in [6, 6.07) is 7.02. The molecule has 70 valence electrons. The summed E-state index contributed by atoms with van der Waals surface area (Å²) >= 11 is 0.